The third-order valence-corrected chi connectivity index (χ3v) is 2.58. The zero-order chi connectivity index (χ0) is 13.5. The van der Waals surface area contributed by atoms with E-state index in [-0.39, 0.29) is 5.75 Å². The van der Waals surface area contributed by atoms with Gasteiger partial charge in [0, 0.05) is 0 Å². The zero-order valence-electron chi connectivity index (χ0n) is 10.8. The summed E-state index contributed by atoms with van der Waals surface area (Å²) in [5.74, 6) is -0.862. The highest BCUT2D eigenvalue weighted by atomic mass is 16.4. The van der Waals surface area contributed by atoms with Crippen molar-refractivity contribution in [2.45, 2.75) is 12.5 Å². The summed E-state index contributed by atoms with van der Waals surface area (Å²) in [5.41, 5.74) is 0.562. The first kappa shape index (κ1) is 14.5. The molecule has 0 fully saturated rings. The van der Waals surface area contributed by atoms with E-state index in [9.17, 15) is 15.0 Å². The monoisotopic (exact) mass is 252 g/mol. The number of nitrogens with zero attached hydrogens (tertiary/aromatic N) is 1. The van der Waals surface area contributed by atoms with Gasteiger partial charge in [-0.25, -0.2) is 0 Å². The molecule has 5 heteroatoms. The molecule has 1 aromatic carbocycles. The molecule has 18 heavy (non-hydrogen) atoms. The lowest BCUT2D eigenvalue weighted by Crippen LogP contribution is -2.30. The summed E-state index contributed by atoms with van der Waals surface area (Å²) >= 11 is 0. The maximum Gasteiger partial charge on any atom is 0.325 e. The van der Waals surface area contributed by atoms with Crippen molar-refractivity contribution in [3.63, 3.8) is 0 Å². The lowest BCUT2D eigenvalue weighted by Gasteiger charge is -2.16. The summed E-state index contributed by atoms with van der Waals surface area (Å²) in [6.07, 6.45) is 0.871. The van der Waals surface area contributed by atoms with Crippen LogP contribution in [-0.4, -0.2) is 48.3 Å². The maximum absolute atomic E-state index is 11.2. The van der Waals surface area contributed by atoms with Gasteiger partial charge >= 0.3 is 5.97 Å². The van der Waals surface area contributed by atoms with E-state index in [2.05, 4.69) is 5.32 Å². The summed E-state index contributed by atoms with van der Waals surface area (Å²) in [6.45, 7) is 1.52. The van der Waals surface area contributed by atoms with Gasteiger partial charge in [-0.15, -0.1) is 0 Å². The summed E-state index contributed by atoms with van der Waals surface area (Å²) < 4.78 is 0. The average Bonchev–Trinajstić information content (AvgIpc) is 2.27. The molecule has 0 saturated heterocycles. The van der Waals surface area contributed by atoms with Gasteiger partial charge in [0.2, 0.25) is 0 Å². The lowest BCUT2D eigenvalue weighted by molar-refractivity contribution is -0.139. The van der Waals surface area contributed by atoms with Crippen molar-refractivity contribution in [1.29, 1.82) is 0 Å². The number of hydrogen-bond donors (Lipinski definition) is 3. The Kier molecular flexibility index (Phi) is 5.61. The van der Waals surface area contributed by atoms with E-state index in [0.717, 1.165) is 13.0 Å². The van der Waals surface area contributed by atoms with E-state index in [4.69, 9.17) is 0 Å². The van der Waals surface area contributed by atoms with Crippen molar-refractivity contribution >= 4 is 5.97 Å². The Hall–Kier alpha value is -1.59. The van der Waals surface area contributed by atoms with Crippen LogP contribution in [0, 0.1) is 0 Å². The second-order valence-corrected chi connectivity index (χ2v) is 4.48. The molecular weight excluding hydrogens is 232 g/mol. The van der Waals surface area contributed by atoms with Gasteiger partial charge in [-0.3, -0.25) is 4.79 Å². The molecule has 0 aliphatic heterocycles. The fraction of sp³-hybridized carbons (Fsp3) is 0.462. The minimum absolute atomic E-state index is 0.0776. The highest BCUT2D eigenvalue weighted by Crippen LogP contribution is 2.18. The van der Waals surface area contributed by atoms with E-state index < -0.39 is 12.0 Å². The van der Waals surface area contributed by atoms with Crippen LogP contribution in [0.1, 0.15) is 18.0 Å². The maximum atomic E-state index is 11.2. The molecule has 0 aromatic heterocycles. The predicted octanol–water partition coefficient (Wildman–Crippen LogP) is 1.06. The quantitative estimate of drug-likeness (QED) is 0.633. The smallest absolute Gasteiger partial charge is 0.325 e. The van der Waals surface area contributed by atoms with Crippen LogP contribution >= 0.6 is 0 Å². The summed E-state index contributed by atoms with van der Waals surface area (Å²) in [4.78, 5) is 13.2. The number of aromatic hydroxyl groups is 1. The van der Waals surface area contributed by atoms with Crippen LogP contribution in [-0.2, 0) is 4.79 Å². The van der Waals surface area contributed by atoms with Gasteiger partial charge in [-0.2, -0.15) is 0 Å². The molecule has 0 bridgehead atoms. The van der Waals surface area contributed by atoms with Crippen LogP contribution in [0.15, 0.2) is 24.3 Å². The molecule has 0 spiro atoms. The van der Waals surface area contributed by atoms with Crippen LogP contribution in [0.4, 0.5) is 0 Å². The van der Waals surface area contributed by atoms with E-state index >= 15 is 0 Å². The molecule has 0 radical (unpaired) electrons. The van der Waals surface area contributed by atoms with Gasteiger partial charge in [0.1, 0.15) is 11.8 Å². The number of carbonyl (C=O) groups is 1. The van der Waals surface area contributed by atoms with Crippen molar-refractivity contribution in [1.82, 2.24) is 10.2 Å². The number of phenolic OH excluding ortho intramolecular Hbond substituents is 1. The number of carboxylic acids is 1. The van der Waals surface area contributed by atoms with E-state index in [1.807, 2.05) is 19.0 Å². The van der Waals surface area contributed by atoms with Crippen molar-refractivity contribution in [2.24, 2.45) is 0 Å². The molecule has 0 saturated carbocycles. The Bertz CT molecular complexity index is 394. The number of phenols is 1. The van der Waals surface area contributed by atoms with Crippen LogP contribution < -0.4 is 5.32 Å². The number of hydrogen-bond acceptors (Lipinski definition) is 4. The fourth-order valence-electron chi connectivity index (χ4n) is 1.69. The number of nitrogens with one attached hydrogen (secondary N) is 1. The van der Waals surface area contributed by atoms with Gasteiger partial charge in [0.05, 0.1) is 0 Å². The molecular formula is C13H20N2O3. The second kappa shape index (κ2) is 6.98. The van der Waals surface area contributed by atoms with Crippen LogP contribution in [0.2, 0.25) is 0 Å². The summed E-state index contributed by atoms with van der Waals surface area (Å²) in [5, 5.41) is 21.5. The van der Waals surface area contributed by atoms with Crippen molar-refractivity contribution in [3.8, 4) is 5.75 Å². The highest BCUT2D eigenvalue weighted by Gasteiger charge is 2.18. The minimum Gasteiger partial charge on any atom is -0.508 e. The van der Waals surface area contributed by atoms with E-state index in [1.165, 1.54) is 12.1 Å². The average molecular weight is 252 g/mol. The third kappa shape index (κ3) is 4.73. The number of rotatable bonds is 7. The second-order valence-electron chi connectivity index (χ2n) is 4.48. The van der Waals surface area contributed by atoms with Gasteiger partial charge in [-0.1, -0.05) is 12.1 Å². The van der Waals surface area contributed by atoms with Crippen LogP contribution in [0.25, 0.3) is 0 Å². The minimum atomic E-state index is -0.939. The van der Waals surface area contributed by atoms with Crippen molar-refractivity contribution in [2.75, 3.05) is 27.2 Å². The van der Waals surface area contributed by atoms with E-state index in [0.29, 0.717) is 12.1 Å². The molecule has 0 aliphatic rings. The van der Waals surface area contributed by atoms with Gasteiger partial charge < -0.3 is 20.4 Å². The molecule has 1 unspecified atom stereocenters. The standard InChI is InChI=1S/C13H20N2O3/c1-15(2)8-4-7-14-12(13(17)18)10-5-3-6-11(16)9-10/h3,5-6,9,12,14,16H,4,7-8H2,1-2H3,(H,17,18). The first-order chi connectivity index (χ1) is 8.50. The molecule has 100 valence electrons. The topological polar surface area (TPSA) is 72.8 Å². The first-order valence-electron chi connectivity index (χ1n) is 5.90. The predicted molar refractivity (Wildman–Crippen MR) is 69.7 cm³/mol. The Morgan fingerprint density at radius 1 is 1.44 bits per heavy atom. The largest absolute Gasteiger partial charge is 0.508 e. The third-order valence-electron chi connectivity index (χ3n) is 2.58. The molecule has 3 N–H and O–H groups in total. The van der Waals surface area contributed by atoms with Gasteiger partial charge in [0.25, 0.3) is 0 Å². The fourth-order valence-corrected chi connectivity index (χ4v) is 1.69. The molecule has 0 heterocycles. The molecule has 0 amide bonds. The molecule has 1 rings (SSSR count). The Labute approximate surface area is 107 Å². The molecule has 1 atom stereocenters. The van der Waals surface area contributed by atoms with Gasteiger partial charge in [0.15, 0.2) is 0 Å². The number of benzene rings is 1. The number of aliphatic carboxylic acids is 1. The zero-order valence-corrected chi connectivity index (χ0v) is 10.8. The summed E-state index contributed by atoms with van der Waals surface area (Å²) in [6, 6.07) is 5.55. The first-order valence-corrected chi connectivity index (χ1v) is 5.90. The normalized spacial score (nSPS) is 12.6. The van der Waals surface area contributed by atoms with E-state index in [1.54, 1.807) is 12.1 Å². The van der Waals surface area contributed by atoms with Crippen LogP contribution in [0.5, 0.6) is 5.75 Å². The molecule has 0 aliphatic carbocycles. The van der Waals surface area contributed by atoms with Gasteiger partial charge in [-0.05, 0) is 51.3 Å². The molecule has 5 nitrogen and oxygen atoms in total. The Morgan fingerprint density at radius 2 is 2.17 bits per heavy atom. The number of carboxylic acid groups (broad SMARTS) is 1. The van der Waals surface area contributed by atoms with Crippen molar-refractivity contribution in [3.05, 3.63) is 29.8 Å². The Morgan fingerprint density at radius 3 is 2.72 bits per heavy atom. The SMILES string of the molecule is CN(C)CCCNC(C(=O)O)c1cccc(O)c1. The van der Waals surface area contributed by atoms with Crippen LogP contribution in [0.3, 0.4) is 0 Å². The molecule has 1 aromatic rings. The highest BCUT2D eigenvalue weighted by molar-refractivity contribution is 5.75. The Balaban J connectivity index is 2.58. The van der Waals surface area contributed by atoms with Crippen molar-refractivity contribution < 1.29 is 15.0 Å². The summed E-state index contributed by atoms with van der Waals surface area (Å²) in [7, 11) is 3.95. The lowest BCUT2D eigenvalue weighted by atomic mass is 10.1.